The maximum atomic E-state index is 11.5. The topological polar surface area (TPSA) is 92.4 Å². The Morgan fingerprint density at radius 1 is 1.35 bits per heavy atom. The zero-order chi connectivity index (χ0) is 14.8. The molecule has 0 radical (unpaired) electrons. The van der Waals surface area contributed by atoms with E-state index in [0.29, 0.717) is 30.6 Å². The first-order valence-electron chi connectivity index (χ1n) is 6.51. The van der Waals surface area contributed by atoms with Gasteiger partial charge in [0.1, 0.15) is 0 Å². The highest BCUT2D eigenvalue weighted by molar-refractivity contribution is 9.10. The number of anilines is 1. The minimum Gasteiger partial charge on any atom is -0.481 e. The average Bonchev–Trinajstić information content (AvgIpc) is 2.87. The Labute approximate surface area is 125 Å². The molecule has 0 bridgehead atoms. The Kier molecular flexibility index (Phi) is 4.32. The standard InChI is InChI=1S/C14H17BrN2O3/c15-9-3-4-11(10(7-9)12(16)18)17-8-14(13(19)20)5-1-2-6-14/h3-4,7,17H,1-2,5-6,8H2,(H2,16,18)(H,19,20). The highest BCUT2D eigenvalue weighted by Gasteiger charge is 2.41. The lowest BCUT2D eigenvalue weighted by Gasteiger charge is -2.25. The van der Waals surface area contributed by atoms with Crippen molar-refractivity contribution in [3.05, 3.63) is 28.2 Å². The summed E-state index contributed by atoms with van der Waals surface area (Å²) in [6.07, 6.45) is 3.18. The molecule has 1 amide bonds. The van der Waals surface area contributed by atoms with Crippen LogP contribution < -0.4 is 11.1 Å². The van der Waals surface area contributed by atoms with E-state index in [4.69, 9.17) is 5.73 Å². The van der Waals surface area contributed by atoms with Gasteiger partial charge < -0.3 is 16.2 Å². The number of hydrogen-bond donors (Lipinski definition) is 3. The first-order valence-corrected chi connectivity index (χ1v) is 7.30. The zero-order valence-electron chi connectivity index (χ0n) is 11.0. The van der Waals surface area contributed by atoms with E-state index in [1.54, 1.807) is 18.2 Å². The molecule has 0 atom stereocenters. The van der Waals surface area contributed by atoms with Crippen molar-refractivity contribution in [1.29, 1.82) is 0 Å². The zero-order valence-corrected chi connectivity index (χ0v) is 12.6. The third-order valence-electron chi connectivity index (χ3n) is 3.88. The molecule has 5 nitrogen and oxygen atoms in total. The minimum absolute atomic E-state index is 0.310. The number of hydrogen-bond acceptors (Lipinski definition) is 3. The molecule has 108 valence electrons. The van der Waals surface area contributed by atoms with Gasteiger partial charge in [-0.2, -0.15) is 0 Å². The minimum atomic E-state index is -0.778. The van der Waals surface area contributed by atoms with Crippen LogP contribution in [0.15, 0.2) is 22.7 Å². The quantitative estimate of drug-likeness (QED) is 0.768. The van der Waals surface area contributed by atoms with Crippen LogP contribution in [-0.4, -0.2) is 23.5 Å². The van der Waals surface area contributed by atoms with E-state index in [1.807, 2.05) is 0 Å². The number of carbonyl (C=O) groups excluding carboxylic acids is 1. The van der Waals surface area contributed by atoms with Crippen molar-refractivity contribution >= 4 is 33.5 Å². The highest BCUT2D eigenvalue weighted by Crippen LogP contribution is 2.38. The molecule has 0 heterocycles. The van der Waals surface area contributed by atoms with Gasteiger partial charge in [-0.15, -0.1) is 0 Å². The first kappa shape index (κ1) is 14.8. The van der Waals surface area contributed by atoms with Gasteiger partial charge in [0.25, 0.3) is 5.91 Å². The van der Waals surface area contributed by atoms with Gasteiger partial charge in [0.15, 0.2) is 0 Å². The summed E-state index contributed by atoms with van der Waals surface area (Å²) in [5.74, 6) is -1.31. The molecule has 20 heavy (non-hydrogen) atoms. The number of carboxylic acid groups (broad SMARTS) is 1. The Hall–Kier alpha value is -1.56. The number of nitrogens with two attached hydrogens (primary N) is 1. The van der Waals surface area contributed by atoms with Gasteiger partial charge in [-0.05, 0) is 31.0 Å². The van der Waals surface area contributed by atoms with Gasteiger partial charge in [-0.1, -0.05) is 28.8 Å². The molecule has 1 aliphatic rings. The van der Waals surface area contributed by atoms with Crippen molar-refractivity contribution in [3.63, 3.8) is 0 Å². The smallest absolute Gasteiger partial charge is 0.311 e. The van der Waals surface area contributed by atoms with E-state index in [0.717, 1.165) is 17.3 Å². The van der Waals surface area contributed by atoms with E-state index in [1.165, 1.54) is 0 Å². The maximum Gasteiger partial charge on any atom is 0.311 e. The van der Waals surface area contributed by atoms with Crippen LogP contribution in [0.5, 0.6) is 0 Å². The molecule has 6 heteroatoms. The summed E-state index contributed by atoms with van der Waals surface area (Å²) in [5.41, 5.74) is 5.55. The molecule has 0 spiro atoms. The maximum absolute atomic E-state index is 11.5. The summed E-state index contributed by atoms with van der Waals surface area (Å²) in [5, 5.41) is 12.5. The number of rotatable bonds is 5. The SMILES string of the molecule is NC(=O)c1cc(Br)ccc1NCC1(C(=O)O)CCCC1. The fourth-order valence-electron chi connectivity index (χ4n) is 2.66. The Balaban J connectivity index is 2.18. The third kappa shape index (κ3) is 2.95. The Morgan fingerprint density at radius 3 is 2.55 bits per heavy atom. The predicted molar refractivity (Wildman–Crippen MR) is 79.7 cm³/mol. The van der Waals surface area contributed by atoms with E-state index >= 15 is 0 Å². The number of carboxylic acids is 1. The largest absolute Gasteiger partial charge is 0.481 e. The molecule has 0 aliphatic heterocycles. The molecule has 4 N–H and O–H groups in total. The summed E-state index contributed by atoms with van der Waals surface area (Å²) >= 11 is 3.29. The molecule has 0 unspecified atom stereocenters. The van der Waals surface area contributed by atoms with Crippen molar-refractivity contribution in [3.8, 4) is 0 Å². The Bertz CT molecular complexity index is 539. The molecule has 1 aromatic rings. The van der Waals surface area contributed by atoms with Gasteiger partial charge in [0.05, 0.1) is 11.0 Å². The summed E-state index contributed by atoms with van der Waals surface area (Å²) in [6, 6.07) is 5.15. The first-order chi connectivity index (χ1) is 9.44. The predicted octanol–water partition coefficient (Wildman–Crippen LogP) is 2.60. The molecule has 1 aromatic carbocycles. The van der Waals surface area contributed by atoms with Crippen molar-refractivity contribution in [2.24, 2.45) is 11.1 Å². The van der Waals surface area contributed by atoms with Crippen molar-refractivity contribution in [2.45, 2.75) is 25.7 Å². The van der Waals surface area contributed by atoms with Crippen LogP contribution in [0.25, 0.3) is 0 Å². The number of benzene rings is 1. The van der Waals surface area contributed by atoms with Crippen LogP contribution in [0, 0.1) is 5.41 Å². The average molecular weight is 341 g/mol. The van der Waals surface area contributed by atoms with E-state index < -0.39 is 17.3 Å². The van der Waals surface area contributed by atoms with Gasteiger partial charge in [-0.25, -0.2) is 0 Å². The second kappa shape index (κ2) is 5.83. The van der Waals surface area contributed by atoms with E-state index in [-0.39, 0.29) is 0 Å². The molecule has 0 aromatic heterocycles. The van der Waals surface area contributed by atoms with Crippen LogP contribution in [0.4, 0.5) is 5.69 Å². The summed E-state index contributed by atoms with van der Waals surface area (Å²) < 4.78 is 0.755. The summed E-state index contributed by atoms with van der Waals surface area (Å²) in [4.78, 5) is 22.9. The van der Waals surface area contributed by atoms with Crippen molar-refractivity contribution in [1.82, 2.24) is 0 Å². The number of amides is 1. The second-order valence-electron chi connectivity index (χ2n) is 5.20. The number of carbonyl (C=O) groups is 2. The molecule has 1 saturated carbocycles. The molecule has 1 aliphatic carbocycles. The molecule has 1 fully saturated rings. The van der Waals surface area contributed by atoms with Crippen LogP contribution in [0.2, 0.25) is 0 Å². The van der Waals surface area contributed by atoms with E-state index in [2.05, 4.69) is 21.2 Å². The molecule has 2 rings (SSSR count). The molecular formula is C14H17BrN2O3. The number of aliphatic carboxylic acids is 1. The highest BCUT2D eigenvalue weighted by atomic mass is 79.9. The van der Waals surface area contributed by atoms with Gasteiger partial charge >= 0.3 is 5.97 Å². The normalized spacial score (nSPS) is 16.9. The monoisotopic (exact) mass is 340 g/mol. The summed E-state index contributed by atoms with van der Waals surface area (Å²) in [6.45, 7) is 0.310. The number of nitrogens with one attached hydrogen (secondary N) is 1. The van der Waals surface area contributed by atoms with Crippen molar-refractivity contribution < 1.29 is 14.7 Å². The van der Waals surface area contributed by atoms with Gasteiger partial charge in [0.2, 0.25) is 0 Å². The van der Waals surface area contributed by atoms with Gasteiger partial charge in [0, 0.05) is 16.7 Å². The summed E-state index contributed by atoms with van der Waals surface area (Å²) in [7, 11) is 0. The lowest BCUT2D eigenvalue weighted by Crippen LogP contribution is -2.35. The van der Waals surface area contributed by atoms with Crippen LogP contribution in [0.3, 0.4) is 0 Å². The number of primary amides is 1. The van der Waals surface area contributed by atoms with Crippen LogP contribution >= 0.6 is 15.9 Å². The third-order valence-corrected chi connectivity index (χ3v) is 4.37. The number of halogens is 1. The van der Waals surface area contributed by atoms with Crippen LogP contribution in [-0.2, 0) is 4.79 Å². The second-order valence-corrected chi connectivity index (χ2v) is 6.12. The fourth-order valence-corrected chi connectivity index (χ4v) is 3.02. The van der Waals surface area contributed by atoms with E-state index in [9.17, 15) is 14.7 Å². The fraction of sp³-hybridized carbons (Fsp3) is 0.429. The van der Waals surface area contributed by atoms with Crippen molar-refractivity contribution in [2.75, 3.05) is 11.9 Å². The lowest BCUT2D eigenvalue weighted by atomic mass is 9.86. The molecular weight excluding hydrogens is 324 g/mol. The van der Waals surface area contributed by atoms with Gasteiger partial charge in [-0.3, -0.25) is 9.59 Å². The Morgan fingerprint density at radius 2 is 2.00 bits per heavy atom. The van der Waals surface area contributed by atoms with Crippen LogP contribution in [0.1, 0.15) is 36.0 Å². The lowest BCUT2D eigenvalue weighted by molar-refractivity contribution is -0.147. The molecule has 0 saturated heterocycles.